The number of benzene rings is 1. The Hall–Kier alpha value is -3.33. The Labute approximate surface area is 174 Å². The van der Waals surface area contributed by atoms with Crippen LogP contribution in [0.3, 0.4) is 0 Å². The molecule has 2 amide bonds. The lowest BCUT2D eigenvalue weighted by atomic mass is 9.94. The Morgan fingerprint density at radius 1 is 1.17 bits per heavy atom. The molecule has 0 bridgehead atoms. The summed E-state index contributed by atoms with van der Waals surface area (Å²) >= 11 is 0. The molecular weight excluding hydrogens is 384 g/mol. The molecule has 2 aromatic heterocycles. The maximum atomic E-state index is 12.6. The molecule has 1 saturated heterocycles. The van der Waals surface area contributed by atoms with Crippen LogP contribution in [0.1, 0.15) is 25.5 Å². The average Bonchev–Trinajstić information content (AvgIpc) is 2.73. The monoisotopic (exact) mass is 408 g/mol. The van der Waals surface area contributed by atoms with E-state index in [1.165, 1.54) is 6.20 Å². The van der Waals surface area contributed by atoms with Crippen LogP contribution < -0.4 is 10.1 Å². The number of carbonyl (C=O) groups excluding carboxylic acids is 1. The number of aromatic nitrogens is 4. The molecule has 1 aliphatic heterocycles. The molecule has 156 valence electrons. The van der Waals surface area contributed by atoms with E-state index < -0.39 is 5.60 Å². The van der Waals surface area contributed by atoms with Gasteiger partial charge in [-0.2, -0.15) is 10.2 Å². The van der Waals surface area contributed by atoms with E-state index in [0.717, 1.165) is 11.3 Å². The number of methoxy groups -OCH3 is 1. The van der Waals surface area contributed by atoms with E-state index in [0.29, 0.717) is 54.2 Å². The molecule has 0 unspecified atom stereocenters. The molecule has 9 heteroatoms. The van der Waals surface area contributed by atoms with Crippen molar-refractivity contribution in [1.82, 2.24) is 25.1 Å². The number of hydrogen-bond acceptors (Lipinski definition) is 7. The Bertz CT molecular complexity index is 1070. The minimum Gasteiger partial charge on any atom is -0.494 e. The number of piperidine rings is 1. The summed E-state index contributed by atoms with van der Waals surface area (Å²) in [5.41, 5.74) is 2.70. The number of carbonyl (C=O) groups is 1. The topological polar surface area (TPSA) is 113 Å². The highest BCUT2D eigenvalue weighted by Crippen LogP contribution is 2.32. The van der Waals surface area contributed by atoms with Crippen molar-refractivity contribution < 1.29 is 14.6 Å². The number of urea groups is 1. The first-order chi connectivity index (χ1) is 14.4. The minimum atomic E-state index is -0.720. The van der Waals surface area contributed by atoms with Crippen molar-refractivity contribution in [3.63, 3.8) is 0 Å². The molecule has 4 rings (SSSR count). The number of fused-ring (bicyclic) bond motifs is 1. The summed E-state index contributed by atoms with van der Waals surface area (Å²) in [6, 6.07) is 7.17. The van der Waals surface area contributed by atoms with Crippen LogP contribution in [0.4, 0.5) is 10.6 Å². The lowest BCUT2D eigenvalue weighted by molar-refractivity contribution is 0.00569. The van der Waals surface area contributed by atoms with E-state index in [1.807, 2.05) is 25.1 Å². The zero-order valence-electron chi connectivity index (χ0n) is 17.2. The first kappa shape index (κ1) is 20.0. The van der Waals surface area contributed by atoms with Gasteiger partial charge in [0.25, 0.3) is 0 Å². The molecule has 30 heavy (non-hydrogen) atoms. The van der Waals surface area contributed by atoms with E-state index in [2.05, 4.69) is 25.5 Å². The quantitative estimate of drug-likeness (QED) is 0.685. The normalized spacial score (nSPS) is 15.8. The molecule has 1 aromatic carbocycles. The van der Waals surface area contributed by atoms with Crippen molar-refractivity contribution in [2.45, 2.75) is 32.3 Å². The zero-order chi connectivity index (χ0) is 21.3. The van der Waals surface area contributed by atoms with Crippen molar-refractivity contribution in [2.75, 3.05) is 25.5 Å². The third kappa shape index (κ3) is 4.02. The highest BCUT2D eigenvalue weighted by Gasteiger charge is 2.29. The highest BCUT2D eigenvalue weighted by atomic mass is 16.5. The van der Waals surface area contributed by atoms with Crippen LogP contribution in [0, 0.1) is 6.92 Å². The molecule has 9 nitrogen and oxygen atoms in total. The summed E-state index contributed by atoms with van der Waals surface area (Å²) in [6.45, 7) is 4.64. The highest BCUT2D eigenvalue weighted by molar-refractivity contribution is 5.96. The van der Waals surface area contributed by atoms with Crippen LogP contribution in [0.2, 0.25) is 0 Å². The number of amides is 2. The van der Waals surface area contributed by atoms with E-state index in [-0.39, 0.29) is 6.03 Å². The fraction of sp³-hybridized carbons (Fsp3) is 0.381. The number of aryl methyl sites for hydroxylation is 1. The number of rotatable bonds is 3. The lowest BCUT2D eigenvalue weighted by Crippen LogP contribution is -2.46. The van der Waals surface area contributed by atoms with Crippen molar-refractivity contribution in [2.24, 2.45) is 0 Å². The Morgan fingerprint density at radius 2 is 1.93 bits per heavy atom. The fourth-order valence-corrected chi connectivity index (χ4v) is 3.43. The summed E-state index contributed by atoms with van der Waals surface area (Å²) in [7, 11) is 1.56. The Kier molecular flexibility index (Phi) is 5.21. The number of likely N-dealkylation sites (tertiary alicyclic amines) is 1. The summed E-state index contributed by atoms with van der Waals surface area (Å²) in [6.07, 6.45) is 2.60. The lowest BCUT2D eigenvalue weighted by Gasteiger charge is -2.35. The summed E-state index contributed by atoms with van der Waals surface area (Å²) in [5, 5.41) is 21.2. The van der Waals surface area contributed by atoms with Gasteiger partial charge in [0, 0.05) is 18.7 Å². The van der Waals surface area contributed by atoms with Gasteiger partial charge in [0.15, 0.2) is 5.82 Å². The van der Waals surface area contributed by atoms with E-state index >= 15 is 0 Å². The van der Waals surface area contributed by atoms with Gasteiger partial charge < -0.3 is 14.7 Å². The largest absolute Gasteiger partial charge is 0.494 e. The molecule has 0 spiro atoms. The number of hydrogen-bond donors (Lipinski definition) is 2. The van der Waals surface area contributed by atoms with Crippen molar-refractivity contribution >= 4 is 22.9 Å². The SMILES string of the molecule is COc1ccc(-c2ccc(C)nn2)c2ncc(NC(=O)N3CCC(C)(O)CC3)nc12. The number of ether oxygens (including phenoxy) is 1. The number of nitrogens with zero attached hydrogens (tertiary/aromatic N) is 5. The van der Waals surface area contributed by atoms with Gasteiger partial charge in [-0.15, -0.1) is 0 Å². The zero-order valence-corrected chi connectivity index (χ0v) is 17.2. The van der Waals surface area contributed by atoms with Crippen LogP contribution in [-0.2, 0) is 0 Å². The first-order valence-electron chi connectivity index (χ1n) is 9.79. The minimum absolute atomic E-state index is 0.265. The molecule has 0 radical (unpaired) electrons. The molecule has 1 aliphatic rings. The van der Waals surface area contributed by atoms with Crippen LogP contribution in [-0.4, -0.2) is 62.0 Å². The van der Waals surface area contributed by atoms with E-state index in [1.54, 1.807) is 25.0 Å². The van der Waals surface area contributed by atoms with Crippen LogP contribution >= 0.6 is 0 Å². The van der Waals surface area contributed by atoms with E-state index in [9.17, 15) is 9.90 Å². The van der Waals surface area contributed by atoms with Gasteiger partial charge in [-0.3, -0.25) is 5.32 Å². The van der Waals surface area contributed by atoms with Crippen molar-refractivity contribution in [3.05, 3.63) is 36.2 Å². The second kappa shape index (κ2) is 7.83. The smallest absolute Gasteiger partial charge is 0.323 e. The number of anilines is 1. The van der Waals surface area contributed by atoms with Gasteiger partial charge in [0.1, 0.15) is 16.8 Å². The molecule has 3 heterocycles. The molecule has 0 aliphatic carbocycles. The Balaban J connectivity index is 1.63. The van der Waals surface area contributed by atoms with Gasteiger partial charge >= 0.3 is 6.03 Å². The van der Waals surface area contributed by atoms with Gasteiger partial charge in [-0.25, -0.2) is 14.8 Å². The molecule has 3 aromatic rings. The molecule has 0 saturated carbocycles. The van der Waals surface area contributed by atoms with Gasteiger partial charge in [0.2, 0.25) is 0 Å². The van der Waals surface area contributed by atoms with Crippen LogP contribution in [0.15, 0.2) is 30.5 Å². The predicted molar refractivity (Wildman–Crippen MR) is 112 cm³/mol. The summed E-state index contributed by atoms with van der Waals surface area (Å²) < 4.78 is 5.45. The second-order valence-corrected chi connectivity index (χ2v) is 7.74. The number of nitrogens with one attached hydrogen (secondary N) is 1. The van der Waals surface area contributed by atoms with Gasteiger partial charge in [-0.05, 0) is 51.0 Å². The summed E-state index contributed by atoms with van der Waals surface area (Å²) in [5.74, 6) is 0.877. The predicted octanol–water partition coefficient (Wildman–Crippen LogP) is 2.78. The van der Waals surface area contributed by atoms with Crippen LogP contribution in [0.5, 0.6) is 5.75 Å². The van der Waals surface area contributed by atoms with Crippen molar-refractivity contribution in [3.8, 4) is 17.0 Å². The van der Waals surface area contributed by atoms with Crippen LogP contribution in [0.25, 0.3) is 22.3 Å². The Morgan fingerprint density at radius 3 is 2.60 bits per heavy atom. The molecular formula is C21H24N6O3. The van der Waals surface area contributed by atoms with E-state index in [4.69, 9.17) is 4.74 Å². The maximum Gasteiger partial charge on any atom is 0.323 e. The molecule has 2 N–H and O–H groups in total. The van der Waals surface area contributed by atoms with Gasteiger partial charge in [0.05, 0.1) is 30.3 Å². The van der Waals surface area contributed by atoms with Gasteiger partial charge in [-0.1, -0.05) is 0 Å². The first-order valence-corrected chi connectivity index (χ1v) is 9.79. The maximum absolute atomic E-state index is 12.6. The second-order valence-electron chi connectivity index (χ2n) is 7.74. The average molecular weight is 408 g/mol. The third-order valence-corrected chi connectivity index (χ3v) is 5.32. The molecule has 0 atom stereocenters. The van der Waals surface area contributed by atoms with Crippen molar-refractivity contribution in [1.29, 1.82) is 0 Å². The standard InChI is InChI=1S/C21H24N6O3/c1-13-4-6-15(26-25-13)14-5-7-16(30-3)19-18(14)22-12-17(23-19)24-20(28)27-10-8-21(2,29)9-11-27/h4-7,12,29H,8-11H2,1-3H3,(H,23,24,28). The molecule has 1 fully saturated rings. The summed E-state index contributed by atoms with van der Waals surface area (Å²) in [4.78, 5) is 23.4. The third-order valence-electron chi connectivity index (χ3n) is 5.32. The number of aliphatic hydroxyl groups is 1. The fourth-order valence-electron chi connectivity index (χ4n) is 3.43.